The van der Waals surface area contributed by atoms with E-state index < -0.39 is 24.0 Å². The van der Waals surface area contributed by atoms with Gasteiger partial charge in [-0.2, -0.15) is 0 Å². The summed E-state index contributed by atoms with van der Waals surface area (Å²) >= 11 is 0. The first-order valence-corrected chi connectivity index (χ1v) is 10.3. The molecule has 0 fully saturated rings. The van der Waals surface area contributed by atoms with Gasteiger partial charge in [-0.1, -0.05) is 48.5 Å². The maximum absolute atomic E-state index is 12.1. The molecular formula is C23H26N2O7. The summed E-state index contributed by atoms with van der Waals surface area (Å²) < 4.78 is 10.5. The number of hydrogen-bond acceptors (Lipinski definition) is 6. The number of hydrogen-bond donors (Lipinski definition) is 4. The Labute approximate surface area is 185 Å². The first-order chi connectivity index (χ1) is 15.5. The number of amides is 2. The first kappa shape index (κ1) is 23.2. The Kier molecular flexibility index (Phi) is 8.18. The fraction of sp³-hybridized carbons (Fsp3) is 0.348. The molecule has 0 aliphatic heterocycles. The predicted octanol–water partition coefficient (Wildman–Crippen LogP) is 1.49. The zero-order chi connectivity index (χ0) is 22.9. The molecule has 0 radical (unpaired) electrons. The van der Waals surface area contributed by atoms with Gasteiger partial charge in [0.15, 0.2) is 0 Å². The number of nitrogens with one attached hydrogen (secondary N) is 2. The number of fused-ring (bicyclic) bond motifs is 3. The SMILES string of the molecule is O=C(COCCNC(=O)OCC1c2ccccc2-c2ccccc21)NC(CCO)C(=O)O. The van der Waals surface area contributed by atoms with E-state index in [1.165, 1.54) is 0 Å². The Morgan fingerprint density at radius 3 is 2.22 bits per heavy atom. The normalized spacial score (nSPS) is 13.0. The van der Waals surface area contributed by atoms with Crippen LogP contribution in [0.3, 0.4) is 0 Å². The molecule has 3 rings (SSSR count). The fourth-order valence-electron chi connectivity index (χ4n) is 3.66. The Balaban J connectivity index is 1.38. The molecule has 170 valence electrons. The zero-order valence-electron chi connectivity index (χ0n) is 17.5. The van der Waals surface area contributed by atoms with Crippen LogP contribution in [0.2, 0.25) is 0 Å². The molecule has 4 N–H and O–H groups in total. The molecule has 1 aliphatic rings. The second-order valence-corrected chi connectivity index (χ2v) is 7.28. The monoisotopic (exact) mass is 442 g/mol. The quantitative estimate of drug-likeness (QED) is 0.387. The molecule has 9 nitrogen and oxygen atoms in total. The van der Waals surface area contributed by atoms with Gasteiger partial charge in [0.05, 0.1) is 6.61 Å². The van der Waals surface area contributed by atoms with Crippen molar-refractivity contribution in [1.29, 1.82) is 0 Å². The maximum atomic E-state index is 12.1. The van der Waals surface area contributed by atoms with E-state index in [4.69, 9.17) is 19.7 Å². The number of carboxylic acid groups (broad SMARTS) is 1. The van der Waals surface area contributed by atoms with Gasteiger partial charge in [-0.05, 0) is 22.3 Å². The number of alkyl carbamates (subject to hydrolysis) is 1. The molecule has 1 unspecified atom stereocenters. The number of ether oxygens (including phenoxy) is 2. The van der Waals surface area contributed by atoms with Gasteiger partial charge in [-0.25, -0.2) is 9.59 Å². The fourth-order valence-corrected chi connectivity index (χ4v) is 3.66. The van der Waals surface area contributed by atoms with Crippen molar-refractivity contribution >= 4 is 18.0 Å². The van der Waals surface area contributed by atoms with E-state index in [1.807, 2.05) is 36.4 Å². The van der Waals surface area contributed by atoms with Crippen molar-refractivity contribution in [3.63, 3.8) is 0 Å². The van der Waals surface area contributed by atoms with Crippen LogP contribution in [0.1, 0.15) is 23.5 Å². The summed E-state index contributed by atoms with van der Waals surface area (Å²) in [7, 11) is 0. The van der Waals surface area contributed by atoms with Crippen molar-refractivity contribution in [2.45, 2.75) is 18.4 Å². The third-order valence-electron chi connectivity index (χ3n) is 5.14. The summed E-state index contributed by atoms with van der Waals surface area (Å²) in [6, 6.07) is 14.9. The van der Waals surface area contributed by atoms with E-state index in [-0.39, 0.29) is 45.3 Å². The van der Waals surface area contributed by atoms with Gasteiger partial charge in [-0.15, -0.1) is 0 Å². The third-order valence-corrected chi connectivity index (χ3v) is 5.14. The van der Waals surface area contributed by atoms with Crippen molar-refractivity contribution < 1.29 is 34.1 Å². The molecule has 0 heterocycles. The molecule has 2 amide bonds. The number of carbonyl (C=O) groups excluding carboxylic acids is 2. The van der Waals surface area contributed by atoms with E-state index in [0.717, 1.165) is 22.3 Å². The molecule has 32 heavy (non-hydrogen) atoms. The average Bonchev–Trinajstić information content (AvgIpc) is 3.11. The molecular weight excluding hydrogens is 416 g/mol. The predicted molar refractivity (Wildman–Crippen MR) is 115 cm³/mol. The van der Waals surface area contributed by atoms with Crippen molar-refractivity contribution in [1.82, 2.24) is 10.6 Å². The minimum atomic E-state index is -1.23. The van der Waals surface area contributed by atoms with Crippen molar-refractivity contribution in [2.24, 2.45) is 0 Å². The number of carbonyl (C=O) groups is 3. The summed E-state index contributed by atoms with van der Waals surface area (Å²) in [5, 5.41) is 22.6. The Hall–Kier alpha value is -3.43. The highest BCUT2D eigenvalue weighted by Crippen LogP contribution is 2.44. The van der Waals surface area contributed by atoms with Crippen LogP contribution in [-0.4, -0.2) is 67.2 Å². The number of aliphatic carboxylic acids is 1. The summed E-state index contributed by atoms with van der Waals surface area (Å²) in [5.41, 5.74) is 4.54. The lowest BCUT2D eigenvalue weighted by molar-refractivity contribution is -0.143. The van der Waals surface area contributed by atoms with Crippen LogP contribution in [-0.2, 0) is 19.1 Å². The standard InChI is InChI=1S/C23H26N2O7/c26-11-9-20(22(28)29)25-21(27)14-31-12-10-24-23(30)32-13-19-17-7-3-1-5-15(17)16-6-2-4-8-18(16)19/h1-8,19-20,26H,9-14H2,(H,24,30)(H,25,27)(H,28,29). The molecule has 2 aromatic carbocycles. The molecule has 1 aliphatic carbocycles. The second-order valence-electron chi connectivity index (χ2n) is 7.28. The van der Waals surface area contributed by atoms with Gasteiger partial charge in [0, 0.05) is 25.5 Å². The molecule has 1 atom stereocenters. The third kappa shape index (κ3) is 5.83. The number of aliphatic hydroxyl groups excluding tert-OH is 1. The Bertz CT molecular complexity index is 917. The summed E-state index contributed by atoms with van der Waals surface area (Å²) in [6.07, 6.45) is -0.682. The van der Waals surface area contributed by atoms with Crippen LogP contribution in [0.15, 0.2) is 48.5 Å². The van der Waals surface area contributed by atoms with Crippen LogP contribution in [0.25, 0.3) is 11.1 Å². The lowest BCUT2D eigenvalue weighted by atomic mass is 9.98. The molecule has 0 bridgehead atoms. The van der Waals surface area contributed by atoms with Crippen LogP contribution in [0, 0.1) is 0 Å². The molecule has 9 heteroatoms. The van der Waals surface area contributed by atoms with Crippen LogP contribution >= 0.6 is 0 Å². The van der Waals surface area contributed by atoms with E-state index >= 15 is 0 Å². The van der Waals surface area contributed by atoms with Gasteiger partial charge in [0.2, 0.25) is 5.91 Å². The smallest absolute Gasteiger partial charge is 0.407 e. The summed E-state index contributed by atoms with van der Waals surface area (Å²) in [5.74, 6) is -1.88. The molecule has 0 saturated heterocycles. The van der Waals surface area contributed by atoms with Crippen molar-refractivity contribution in [3.05, 3.63) is 59.7 Å². The van der Waals surface area contributed by atoms with E-state index in [0.29, 0.717) is 0 Å². The topological polar surface area (TPSA) is 134 Å². The highest BCUT2D eigenvalue weighted by molar-refractivity contribution is 5.84. The van der Waals surface area contributed by atoms with E-state index in [9.17, 15) is 14.4 Å². The zero-order valence-corrected chi connectivity index (χ0v) is 17.5. The van der Waals surface area contributed by atoms with Gasteiger partial charge < -0.3 is 30.3 Å². The summed E-state index contributed by atoms with van der Waals surface area (Å²) in [4.78, 5) is 34.7. The first-order valence-electron chi connectivity index (χ1n) is 10.3. The largest absolute Gasteiger partial charge is 0.480 e. The van der Waals surface area contributed by atoms with Crippen molar-refractivity contribution in [3.8, 4) is 11.1 Å². The molecule has 0 saturated carbocycles. The minimum Gasteiger partial charge on any atom is -0.480 e. The number of aliphatic hydroxyl groups is 1. The second kappa shape index (κ2) is 11.3. The lowest BCUT2D eigenvalue weighted by Gasteiger charge is -2.15. The lowest BCUT2D eigenvalue weighted by Crippen LogP contribution is -2.43. The maximum Gasteiger partial charge on any atom is 0.407 e. The van der Waals surface area contributed by atoms with Gasteiger partial charge in [0.1, 0.15) is 19.3 Å². The minimum absolute atomic E-state index is 0.0332. The highest BCUT2D eigenvalue weighted by atomic mass is 16.5. The summed E-state index contributed by atoms with van der Waals surface area (Å²) in [6.45, 7) is -0.341. The molecule has 2 aromatic rings. The van der Waals surface area contributed by atoms with E-state index in [1.54, 1.807) is 0 Å². The van der Waals surface area contributed by atoms with Crippen LogP contribution in [0.4, 0.5) is 4.79 Å². The van der Waals surface area contributed by atoms with Crippen molar-refractivity contribution in [2.75, 3.05) is 33.0 Å². The average molecular weight is 442 g/mol. The number of rotatable bonds is 11. The van der Waals surface area contributed by atoms with Gasteiger partial charge in [-0.3, -0.25) is 4.79 Å². The Morgan fingerprint density at radius 2 is 1.62 bits per heavy atom. The Morgan fingerprint density at radius 1 is 1.00 bits per heavy atom. The molecule has 0 aromatic heterocycles. The van der Waals surface area contributed by atoms with Gasteiger partial charge >= 0.3 is 12.1 Å². The highest BCUT2D eigenvalue weighted by Gasteiger charge is 2.29. The number of carboxylic acids is 1. The van der Waals surface area contributed by atoms with Crippen LogP contribution < -0.4 is 10.6 Å². The van der Waals surface area contributed by atoms with E-state index in [2.05, 4.69) is 22.8 Å². The molecule has 0 spiro atoms. The number of benzene rings is 2. The van der Waals surface area contributed by atoms with Crippen LogP contribution in [0.5, 0.6) is 0 Å². The van der Waals surface area contributed by atoms with Gasteiger partial charge in [0.25, 0.3) is 0 Å².